The number of hydrogen-bond acceptors (Lipinski definition) is 5. The number of ether oxygens (including phenoxy) is 1. The Morgan fingerprint density at radius 2 is 1.90 bits per heavy atom. The Bertz CT molecular complexity index is 612. The first kappa shape index (κ1) is 13.9. The van der Waals surface area contributed by atoms with Gasteiger partial charge in [-0.1, -0.05) is 0 Å². The molecule has 20 heavy (non-hydrogen) atoms. The van der Waals surface area contributed by atoms with Crippen molar-refractivity contribution in [3.05, 3.63) is 47.9 Å². The van der Waals surface area contributed by atoms with Crippen LogP contribution in [0.5, 0.6) is 0 Å². The van der Waals surface area contributed by atoms with Gasteiger partial charge < -0.3 is 14.1 Å². The molecule has 0 saturated carbocycles. The molecule has 2 aromatic rings. The fourth-order valence-corrected chi connectivity index (χ4v) is 1.61. The van der Waals surface area contributed by atoms with Crippen LogP contribution in [0.15, 0.2) is 45.8 Å². The largest absolute Gasteiger partial charge is 0.463 e. The normalized spacial score (nSPS) is 10.8. The van der Waals surface area contributed by atoms with E-state index in [0.29, 0.717) is 5.76 Å². The van der Waals surface area contributed by atoms with E-state index >= 15 is 0 Å². The Balaban J connectivity index is 2.09. The summed E-state index contributed by atoms with van der Waals surface area (Å²) in [6.07, 6.45) is 1.57. The number of nitrogens with zero attached hydrogens (tertiary/aromatic N) is 2. The highest BCUT2D eigenvalue weighted by Crippen LogP contribution is 2.18. The van der Waals surface area contributed by atoms with Crippen molar-refractivity contribution >= 4 is 23.6 Å². The molecule has 1 aromatic carbocycles. The highest BCUT2D eigenvalue weighted by Gasteiger charge is 2.09. The van der Waals surface area contributed by atoms with Crippen molar-refractivity contribution in [2.24, 2.45) is 4.99 Å². The van der Waals surface area contributed by atoms with Crippen molar-refractivity contribution in [2.45, 2.75) is 0 Å². The number of anilines is 1. The molecule has 0 bridgehead atoms. The van der Waals surface area contributed by atoms with Gasteiger partial charge in [0, 0.05) is 19.8 Å². The van der Waals surface area contributed by atoms with Crippen LogP contribution >= 0.6 is 0 Å². The third-order valence-corrected chi connectivity index (χ3v) is 2.72. The third-order valence-electron chi connectivity index (χ3n) is 2.72. The minimum absolute atomic E-state index is 0.164. The lowest BCUT2D eigenvalue weighted by atomic mass is 10.3. The Labute approximate surface area is 117 Å². The summed E-state index contributed by atoms with van der Waals surface area (Å²) in [7, 11) is 5.27. The van der Waals surface area contributed by atoms with Crippen molar-refractivity contribution in [3.8, 4) is 0 Å². The van der Waals surface area contributed by atoms with Crippen LogP contribution in [0.2, 0.25) is 0 Å². The number of benzene rings is 1. The second-order valence-corrected chi connectivity index (χ2v) is 4.36. The summed E-state index contributed by atoms with van der Waals surface area (Å²) in [6.45, 7) is 0. The van der Waals surface area contributed by atoms with Gasteiger partial charge >= 0.3 is 5.97 Å². The van der Waals surface area contributed by atoms with E-state index in [1.807, 2.05) is 43.3 Å². The van der Waals surface area contributed by atoms with Crippen LogP contribution in [0.3, 0.4) is 0 Å². The standard InChI is InChI=1S/C15H16N2O3/c1-17(2)12-6-4-11(5-7-12)16-10-13-8-9-14(20-13)15(18)19-3/h4-10H,1-3H3. The maximum absolute atomic E-state index is 11.2. The molecule has 0 radical (unpaired) electrons. The number of rotatable bonds is 4. The number of aliphatic imine (C=N–C) groups is 1. The first-order valence-electron chi connectivity index (χ1n) is 6.10. The zero-order chi connectivity index (χ0) is 14.5. The summed E-state index contributed by atoms with van der Waals surface area (Å²) in [5.74, 6) is 0.166. The fraction of sp³-hybridized carbons (Fsp3) is 0.200. The minimum atomic E-state index is -0.500. The second-order valence-electron chi connectivity index (χ2n) is 4.36. The molecule has 0 amide bonds. The molecular formula is C15H16N2O3. The molecule has 5 nitrogen and oxygen atoms in total. The molecule has 0 fully saturated rings. The molecule has 0 aliphatic rings. The Kier molecular flexibility index (Phi) is 4.20. The molecule has 0 unspecified atom stereocenters. The number of esters is 1. The summed E-state index contributed by atoms with van der Waals surface area (Å²) in [4.78, 5) is 17.5. The van der Waals surface area contributed by atoms with E-state index in [2.05, 4.69) is 9.73 Å². The predicted octanol–water partition coefficient (Wildman–Crippen LogP) is 2.88. The quantitative estimate of drug-likeness (QED) is 0.634. The monoisotopic (exact) mass is 272 g/mol. The number of carbonyl (C=O) groups is 1. The molecule has 5 heteroatoms. The van der Waals surface area contributed by atoms with Crippen LogP contribution in [0.4, 0.5) is 11.4 Å². The van der Waals surface area contributed by atoms with Crippen molar-refractivity contribution in [1.29, 1.82) is 0 Å². The summed E-state index contributed by atoms with van der Waals surface area (Å²) in [5, 5.41) is 0. The lowest BCUT2D eigenvalue weighted by Gasteiger charge is -2.11. The summed E-state index contributed by atoms with van der Waals surface area (Å²) in [5.41, 5.74) is 1.92. The lowest BCUT2D eigenvalue weighted by molar-refractivity contribution is 0.0565. The van der Waals surface area contributed by atoms with Gasteiger partial charge in [-0.15, -0.1) is 0 Å². The third kappa shape index (κ3) is 3.26. The maximum Gasteiger partial charge on any atom is 0.373 e. The predicted molar refractivity (Wildman–Crippen MR) is 78.1 cm³/mol. The molecule has 0 spiro atoms. The fourth-order valence-electron chi connectivity index (χ4n) is 1.61. The molecule has 1 aromatic heterocycles. The van der Waals surface area contributed by atoms with E-state index in [1.165, 1.54) is 7.11 Å². The average Bonchev–Trinajstić information content (AvgIpc) is 2.93. The molecule has 0 N–H and O–H groups in total. The van der Waals surface area contributed by atoms with Gasteiger partial charge in [0.1, 0.15) is 5.76 Å². The van der Waals surface area contributed by atoms with Crippen LogP contribution in [-0.4, -0.2) is 33.4 Å². The molecule has 2 rings (SSSR count). The smallest absolute Gasteiger partial charge is 0.373 e. The molecule has 0 atom stereocenters. The number of methoxy groups -OCH3 is 1. The van der Waals surface area contributed by atoms with Gasteiger partial charge in [-0.25, -0.2) is 4.79 Å². The number of carbonyl (C=O) groups excluding carboxylic acids is 1. The molecule has 0 saturated heterocycles. The van der Waals surface area contributed by atoms with Crippen LogP contribution in [0, 0.1) is 0 Å². The van der Waals surface area contributed by atoms with Gasteiger partial charge in [-0.2, -0.15) is 0 Å². The molecule has 0 aliphatic heterocycles. The maximum atomic E-state index is 11.2. The van der Waals surface area contributed by atoms with E-state index in [1.54, 1.807) is 18.3 Å². The zero-order valence-corrected chi connectivity index (χ0v) is 11.7. The Hall–Kier alpha value is -2.56. The average molecular weight is 272 g/mol. The van der Waals surface area contributed by atoms with Gasteiger partial charge in [0.2, 0.25) is 5.76 Å². The van der Waals surface area contributed by atoms with E-state index in [9.17, 15) is 4.79 Å². The van der Waals surface area contributed by atoms with Gasteiger partial charge in [-0.05, 0) is 36.4 Å². The van der Waals surface area contributed by atoms with Crippen LogP contribution < -0.4 is 4.90 Å². The van der Waals surface area contributed by atoms with Crippen molar-refractivity contribution in [2.75, 3.05) is 26.1 Å². The number of furan rings is 1. The summed E-state index contributed by atoms with van der Waals surface area (Å²) in [6, 6.07) is 11.0. The van der Waals surface area contributed by atoms with Crippen LogP contribution in [0.1, 0.15) is 16.3 Å². The van der Waals surface area contributed by atoms with Gasteiger partial charge in [0.25, 0.3) is 0 Å². The second kappa shape index (κ2) is 6.06. The van der Waals surface area contributed by atoms with E-state index < -0.39 is 5.97 Å². The van der Waals surface area contributed by atoms with Crippen molar-refractivity contribution in [3.63, 3.8) is 0 Å². The van der Waals surface area contributed by atoms with Gasteiger partial charge in [0.15, 0.2) is 0 Å². The first-order chi connectivity index (χ1) is 9.60. The van der Waals surface area contributed by atoms with Crippen LogP contribution in [0.25, 0.3) is 0 Å². The van der Waals surface area contributed by atoms with Gasteiger partial charge in [0.05, 0.1) is 19.0 Å². The van der Waals surface area contributed by atoms with E-state index in [4.69, 9.17) is 4.42 Å². The van der Waals surface area contributed by atoms with Crippen molar-refractivity contribution in [1.82, 2.24) is 0 Å². The SMILES string of the molecule is COC(=O)c1ccc(C=Nc2ccc(N(C)C)cc2)o1. The van der Waals surface area contributed by atoms with E-state index in [-0.39, 0.29) is 5.76 Å². The zero-order valence-electron chi connectivity index (χ0n) is 11.7. The first-order valence-corrected chi connectivity index (χ1v) is 6.10. The summed E-state index contributed by atoms with van der Waals surface area (Å²) < 4.78 is 9.85. The summed E-state index contributed by atoms with van der Waals surface area (Å²) >= 11 is 0. The minimum Gasteiger partial charge on any atom is -0.463 e. The van der Waals surface area contributed by atoms with Crippen molar-refractivity contribution < 1.29 is 13.9 Å². The molecule has 0 aliphatic carbocycles. The Morgan fingerprint density at radius 3 is 2.50 bits per heavy atom. The van der Waals surface area contributed by atoms with E-state index in [0.717, 1.165) is 11.4 Å². The molecule has 104 valence electrons. The molecule has 1 heterocycles. The van der Waals surface area contributed by atoms with Crippen LogP contribution in [-0.2, 0) is 4.74 Å². The topological polar surface area (TPSA) is 55.0 Å². The van der Waals surface area contributed by atoms with Gasteiger partial charge in [-0.3, -0.25) is 4.99 Å². The lowest BCUT2D eigenvalue weighted by Crippen LogP contribution is -2.07. The highest BCUT2D eigenvalue weighted by molar-refractivity contribution is 5.88. The molecular weight excluding hydrogens is 256 g/mol. The highest BCUT2D eigenvalue weighted by atomic mass is 16.5. The number of hydrogen-bond donors (Lipinski definition) is 0. The Morgan fingerprint density at radius 1 is 1.20 bits per heavy atom.